The average Bonchev–Trinajstić information content (AvgIpc) is 2.03. The SMILES string of the molecule is CC(=O)O.CCc1ccc(O)cc1O. The molecule has 3 N–H and O–H groups in total. The summed E-state index contributed by atoms with van der Waals surface area (Å²) in [4.78, 5) is 9.00. The second-order valence-electron chi connectivity index (χ2n) is 2.69. The maximum atomic E-state index is 9.13. The number of carboxylic acids is 1. The summed E-state index contributed by atoms with van der Waals surface area (Å²) in [7, 11) is 0. The van der Waals surface area contributed by atoms with E-state index in [-0.39, 0.29) is 11.5 Å². The first-order chi connectivity index (χ1) is 6.47. The summed E-state index contributed by atoms with van der Waals surface area (Å²) in [5.74, 6) is -0.558. The molecule has 0 aliphatic rings. The zero-order valence-electron chi connectivity index (χ0n) is 8.19. The van der Waals surface area contributed by atoms with E-state index in [0.29, 0.717) is 0 Å². The van der Waals surface area contributed by atoms with Gasteiger partial charge in [0.1, 0.15) is 11.5 Å². The lowest BCUT2D eigenvalue weighted by molar-refractivity contribution is -0.134. The van der Waals surface area contributed by atoms with Crippen LogP contribution >= 0.6 is 0 Å². The Balaban J connectivity index is 0.000000364. The normalized spacial score (nSPS) is 8.71. The summed E-state index contributed by atoms with van der Waals surface area (Å²) in [6, 6.07) is 4.63. The van der Waals surface area contributed by atoms with Gasteiger partial charge in [-0.2, -0.15) is 0 Å². The minimum Gasteiger partial charge on any atom is -0.508 e. The van der Waals surface area contributed by atoms with E-state index < -0.39 is 5.97 Å². The Labute approximate surface area is 82.4 Å². The Bertz CT molecular complexity index is 303. The third kappa shape index (κ3) is 5.03. The van der Waals surface area contributed by atoms with Gasteiger partial charge >= 0.3 is 0 Å². The van der Waals surface area contributed by atoms with Crippen LogP contribution in [0.5, 0.6) is 11.5 Å². The molecule has 0 unspecified atom stereocenters. The summed E-state index contributed by atoms with van der Waals surface area (Å²) in [6.45, 7) is 3.03. The molecule has 0 saturated carbocycles. The number of phenols is 2. The molecule has 0 fully saturated rings. The second-order valence-corrected chi connectivity index (χ2v) is 2.69. The molecule has 0 radical (unpaired) electrons. The monoisotopic (exact) mass is 198 g/mol. The molecule has 0 atom stereocenters. The van der Waals surface area contributed by atoms with Crippen LogP contribution in [0.2, 0.25) is 0 Å². The Morgan fingerprint density at radius 2 is 1.86 bits per heavy atom. The number of benzene rings is 1. The number of aromatic hydroxyl groups is 2. The lowest BCUT2D eigenvalue weighted by atomic mass is 10.1. The maximum Gasteiger partial charge on any atom is 0.300 e. The molecule has 0 aliphatic carbocycles. The van der Waals surface area contributed by atoms with Gasteiger partial charge in [-0.25, -0.2) is 0 Å². The Morgan fingerprint density at radius 3 is 2.21 bits per heavy atom. The largest absolute Gasteiger partial charge is 0.508 e. The van der Waals surface area contributed by atoms with E-state index in [2.05, 4.69) is 0 Å². The molecule has 0 spiro atoms. The number of aliphatic carboxylic acids is 1. The van der Waals surface area contributed by atoms with E-state index in [0.717, 1.165) is 18.9 Å². The van der Waals surface area contributed by atoms with Gasteiger partial charge in [0.05, 0.1) is 0 Å². The molecule has 1 aromatic rings. The van der Waals surface area contributed by atoms with Gasteiger partial charge in [0.2, 0.25) is 0 Å². The van der Waals surface area contributed by atoms with Crippen molar-refractivity contribution in [1.29, 1.82) is 0 Å². The fraction of sp³-hybridized carbons (Fsp3) is 0.300. The van der Waals surface area contributed by atoms with Gasteiger partial charge in [-0.05, 0) is 18.1 Å². The van der Waals surface area contributed by atoms with Crippen molar-refractivity contribution in [2.24, 2.45) is 0 Å². The van der Waals surface area contributed by atoms with Gasteiger partial charge < -0.3 is 15.3 Å². The molecule has 1 rings (SSSR count). The third-order valence-corrected chi connectivity index (χ3v) is 1.45. The molecule has 0 aromatic heterocycles. The van der Waals surface area contributed by atoms with Gasteiger partial charge in [0.25, 0.3) is 5.97 Å². The van der Waals surface area contributed by atoms with E-state index >= 15 is 0 Å². The highest BCUT2D eigenvalue weighted by atomic mass is 16.4. The minimum atomic E-state index is -0.833. The van der Waals surface area contributed by atoms with E-state index in [4.69, 9.17) is 20.1 Å². The molecule has 14 heavy (non-hydrogen) atoms. The predicted octanol–water partition coefficient (Wildman–Crippen LogP) is 1.75. The molecule has 0 bridgehead atoms. The second kappa shape index (κ2) is 5.85. The molecule has 0 amide bonds. The van der Waals surface area contributed by atoms with Crippen molar-refractivity contribution in [3.8, 4) is 11.5 Å². The highest BCUT2D eigenvalue weighted by molar-refractivity contribution is 5.62. The van der Waals surface area contributed by atoms with Gasteiger partial charge in [-0.15, -0.1) is 0 Å². The lowest BCUT2D eigenvalue weighted by Crippen LogP contribution is -1.79. The first-order valence-corrected chi connectivity index (χ1v) is 4.17. The van der Waals surface area contributed by atoms with Crippen LogP contribution in [0.25, 0.3) is 0 Å². The van der Waals surface area contributed by atoms with Crippen molar-refractivity contribution in [2.45, 2.75) is 20.3 Å². The molecule has 78 valence electrons. The topological polar surface area (TPSA) is 77.8 Å². The summed E-state index contributed by atoms with van der Waals surface area (Å²) in [5, 5.41) is 25.4. The van der Waals surface area contributed by atoms with Crippen molar-refractivity contribution in [2.75, 3.05) is 0 Å². The number of aryl methyl sites for hydroxylation is 1. The Hall–Kier alpha value is -1.71. The van der Waals surface area contributed by atoms with Crippen LogP contribution in [0.3, 0.4) is 0 Å². The Kier molecular flexibility index (Phi) is 5.14. The predicted molar refractivity (Wildman–Crippen MR) is 52.5 cm³/mol. The quantitative estimate of drug-likeness (QED) is 0.642. The highest BCUT2D eigenvalue weighted by Gasteiger charge is 1.97. The fourth-order valence-electron chi connectivity index (χ4n) is 0.851. The standard InChI is InChI=1S/C8H10O2.C2H4O2/c1-2-6-3-4-7(9)5-8(6)10;1-2(3)4/h3-5,9-10H,2H2,1H3;1H3,(H,3,4). The van der Waals surface area contributed by atoms with E-state index in [9.17, 15) is 0 Å². The third-order valence-electron chi connectivity index (χ3n) is 1.45. The number of hydrogen-bond donors (Lipinski definition) is 3. The number of phenolic OH excluding ortho intramolecular Hbond substituents is 2. The van der Waals surface area contributed by atoms with Crippen molar-refractivity contribution in [1.82, 2.24) is 0 Å². The van der Waals surface area contributed by atoms with Crippen molar-refractivity contribution in [3.05, 3.63) is 23.8 Å². The molecule has 4 heteroatoms. The zero-order chi connectivity index (χ0) is 11.1. The molecular formula is C10H14O4. The number of carbonyl (C=O) groups is 1. The molecular weight excluding hydrogens is 184 g/mol. The van der Waals surface area contributed by atoms with Crippen molar-refractivity contribution < 1.29 is 20.1 Å². The minimum absolute atomic E-state index is 0.106. The molecule has 1 aromatic carbocycles. The summed E-state index contributed by atoms with van der Waals surface area (Å²) in [5.41, 5.74) is 0.859. The fourth-order valence-corrected chi connectivity index (χ4v) is 0.851. The first kappa shape index (κ1) is 12.3. The zero-order valence-corrected chi connectivity index (χ0v) is 8.19. The van der Waals surface area contributed by atoms with Crippen LogP contribution in [0, 0.1) is 0 Å². The van der Waals surface area contributed by atoms with E-state index in [1.807, 2.05) is 6.92 Å². The van der Waals surface area contributed by atoms with E-state index in [1.165, 1.54) is 6.07 Å². The summed E-state index contributed by atoms with van der Waals surface area (Å²) >= 11 is 0. The average molecular weight is 198 g/mol. The van der Waals surface area contributed by atoms with Crippen LogP contribution in [-0.4, -0.2) is 21.3 Å². The van der Waals surface area contributed by atoms with Gasteiger partial charge in [0.15, 0.2) is 0 Å². The van der Waals surface area contributed by atoms with Crippen LogP contribution in [-0.2, 0) is 11.2 Å². The van der Waals surface area contributed by atoms with Crippen LogP contribution in [0.1, 0.15) is 19.4 Å². The number of rotatable bonds is 1. The summed E-state index contributed by atoms with van der Waals surface area (Å²) < 4.78 is 0. The Morgan fingerprint density at radius 1 is 1.36 bits per heavy atom. The molecule has 0 saturated heterocycles. The van der Waals surface area contributed by atoms with Gasteiger partial charge in [0, 0.05) is 13.0 Å². The highest BCUT2D eigenvalue weighted by Crippen LogP contribution is 2.22. The number of hydrogen-bond acceptors (Lipinski definition) is 3. The van der Waals surface area contributed by atoms with Crippen LogP contribution in [0.4, 0.5) is 0 Å². The van der Waals surface area contributed by atoms with Gasteiger partial charge in [-0.3, -0.25) is 4.79 Å². The first-order valence-electron chi connectivity index (χ1n) is 4.17. The molecule has 4 nitrogen and oxygen atoms in total. The van der Waals surface area contributed by atoms with Gasteiger partial charge in [-0.1, -0.05) is 13.0 Å². The maximum absolute atomic E-state index is 9.13. The van der Waals surface area contributed by atoms with Crippen LogP contribution < -0.4 is 0 Å². The van der Waals surface area contributed by atoms with Crippen LogP contribution in [0.15, 0.2) is 18.2 Å². The van der Waals surface area contributed by atoms with Crippen molar-refractivity contribution in [3.63, 3.8) is 0 Å². The lowest BCUT2D eigenvalue weighted by Gasteiger charge is -1.99. The summed E-state index contributed by atoms with van der Waals surface area (Å²) in [6.07, 6.45) is 0.784. The number of carboxylic acid groups (broad SMARTS) is 1. The molecule has 0 heterocycles. The molecule has 0 aliphatic heterocycles. The van der Waals surface area contributed by atoms with E-state index in [1.54, 1.807) is 12.1 Å². The van der Waals surface area contributed by atoms with Crippen molar-refractivity contribution >= 4 is 5.97 Å². The smallest absolute Gasteiger partial charge is 0.300 e.